The number of ether oxygens (including phenoxy) is 3. The van der Waals surface area contributed by atoms with Gasteiger partial charge in [0.05, 0.1) is 23.8 Å². The van der Waals surface area contributed by atoms with Crippen LogP contribution in [0.25, 0.3) is 0 Å². The van der Waals surface area contributed by atoms with E-state index in [1.54, 1.807) is 37.4 Å². The quantitative estimate of drug-likeness (QED) is 0.420. The number of carbonyl (C=O) groups is 1. The summed E-state index contributed by atoms with van der Waals surface area (Å²) in [6.07, 6.45) is 2.02. The summed E-state index contributed by atoms with van der Waals surface area (Å²) < 4.78 is 17.8. The molecule has 0 radical (unpaired) electrons. The van der Waals surface area contributed by atoms with Crippen LogP contribution in [0.4, 0.5) is 4.79 Å². The molecule has 4 atom stereocenters. The van der Waals surface area contributed by atoms with Crippen LogP contribution < -0.4 is 5.32 Å². The maximum atomic E-state index is 13.1. The van der Waals surface area contributed by atoms with Crippen molar-refractivity contribution in [1.29, 1.82) is 10.5 Å². The summed E-state index contributed by atoms with van der Waals surface area (Å²) in [5.41, 5.74) is -0.388. The average molecular weight is 409 g/mol. The van der Waals surface area contributed by atoms with E-state index in [1.165, 1.54) is 6.20 Å². The number of hydrogen-bond acceptors (Lipinski definition) is 8. The molecule has 2 rings (SSSR count). The maximum Gasteiger partial charge on any atom is 0.411 e. The molecule has 0 aromatic rings. The number of nitrogens with zero attached hydrogens (tertiary/aromatic N) is 3. The predicted octanol–water partition coefficient (Wildman–Crippen LogP) is 2.38. The molecule has 0 spiro atoms. The molecule has 0 aromatic carbocycles. The molecule has 28 heavy (non-hydrogen) atoms. The molecule has 2 aliphatic rings. The van der Waals surface area contributed by atoms with Crippen molar-refractivity contribution >= 4 is 17.9 Å². The molecule has 2 heterocycles. The molecular weight excluding hydrogens is 380 g/mol. The maximum absolute atomic E-state index is 13.1. The molecule has 2 saturated heterocycles. The van der Waals surface area contributed by atoms with Gasteiger partial charge in [0.2, 0.25) is 0 Å². The number of likely N-dealkylation sites (tertiary alicyclic amines) is 1. The Labute approximate surface area is 170 Å². The number of nitrogens with one attached hydrogen (secondary N) is 1. The summed E-state index contributed by atoms with van der Waals surface area (Å²) in [4.78, 5) is 14.6. The van der Waals surface area contributed by atoms with Crippen molar-refractivity contribution in [2.24, 2.45) is 0 Å². The van der Waals surface area contributed by atoms with E-state index in [4.69, 9.17) is 19.5 Å². The van der Waals surface area contributed by atoms with E-state index in [0.29, 0.717) is 11.3 Å². The second-order valence-electron chi connectivity index (χ2n) is 8.17. The van der Waals surface area contributed by atoms with E-state index < -0.39 is 29.6 Å². The Kier molecular flexibility index (Phi) is 6.87. The van der Waals surface area contributed by atoms with Crippen LogP contribution in [0, 0.1) is 22.7 Å². The largest absolute Gasteiger partial charge is 0.444 e. The summed E-state index contributed by atoms with van der Waals surface area (Å²) in [7, 11) is 0. The van der Waals surface area contributed by atoms with Crippen molar-refractivity contribution in [2.75, 3.05) is 18.6 Å². The van der Waals surface area contributed by atoms with Crippen LogP contribution in [-0.2, 0) is 14.2 Å². The Hall–Kier alpha value is -1.94. The van der Waals surface area contributed by atoms with E-state index in [9.17, 15) is 10.1 Å². The molecule has 9 heteroatoms. The van der Waals surface area contributed by atoms with Crippen molar-refractivity contribution in [1.82, 2.24) is 10.2 Å². The van der Waals surface area contributed by atoms with Crippen LogP contribution in [0.15, 0.2) is 11.8 Å². The lowest BCUT2D eigenvalue weighted by atomic mass is 10.0. The van der Waals surface area contributed by atoms with Crippen molar-refractivity contribution in [3.05, 3.63) is 11.8 Å². The molecule has 2 fully saturated rings. The second-order valence-corrected chi connectivity index (χ2v) is 9.08. The minimum Gasteiger partial charge on any atom is -0.444 e. The fraction of sp³-hybridized carbons (Fsp3) is 0.737. The lowest BCUT2D eigenvalue weighted by Crippen LogP contribution is -2.50. The molecular formula is C19H28N4O4S. The monoisotopic (exact) mass is 408 g/mol. The van der Waals surface area contributed by atoms with Gasteiger partial charge in [0.15, 0.2) is 5.79 Å². The first-order chi connectivity index (χ1) is 13.0. The van der Waals surface area contributed by atoms with Crippen molar-refractivity contribution in [2.45, 2.75) is 70.3 Å². The molecule has 1 amide bonds. The number of rotatable bonds is 5. The standard InChI is InChI=1S/C19H28N4O4S/c1-18(2,3)27-17(24)23-13(11-28-6)15-16(26-19(4,5)25-15)14(23)12(9-21)10-22-8-7-20/h10,13-16,22H,8,11H2,1-6H3/b12-10+/t13-,14+,15-,16+/m1/s1. The topological polar surface area (TPSA) is 108 Å². The van der Waals surface area contributed by atoms with Gasteiger partial charge in [-0.1, -0.05) is 0 Å². The van der Waals surface area contributed by atoms with Crippen LogP contribution >= 0.6 is 11.8 Å². The number of amides is 1. The molecule has 8 nitrogen and oxygen atoms in total. The van der Waals surface area contributed by atoms with Gasteiger partial charge in [-0.05, 0) is 40.9 Å². The average Bonchev–Trinajstić information content (AvgIpc) is 3.02. The van der Waals surface area contributed by atoms with E-state index in [-0.39, 0.29) is 18.7 Å². The third-order valence-electron chi connectivity index (χ3n) is 4.34. The minimum atomic E-state index is -0.815. The van der Waals surface area contributed by atoms with Gasteiger partial charge >= 0.3 is 6.09 Å². The first kappa shape index (κ1) is 22.4. The smallest absolute Gasteiger partial charge is 0.411 e. The first-order valence-corrected chi connectivity index (χ1v) is 10.5. The van der Waals surface area contributed by atoms with Crippen LogP contribution in [0.1, 0.15) is 34.6 Å². The zero-order valence-electron chi connectivity index (χ0n) is 17.2. The van der Waals surface area contributed by atoms with Gasteiger partial charge in [-0.15, -0.1) is 0 Å². The normalized spacial score (nSPS) is 29.0. The zero-order valence-corrected chi connectivity index (χ0v) is 18.0. The molecule has 0 aliphatic carbocycles. The summed E-state index contributed by atoms with van der Waals surface area (Å²) >= 11 is 1.58. The minimum absolute atomic E-state index is 0.0511. The van der Waals surface area contributed by atoms with Crippen molar-refractivity contribution in [3.8, 4) is 12.1 Å². The van der Waals surface area contributed by atoms with Gasteiger partial charge in [-0.3, -0.25) is 4.90 Å². The van der Waals surface area contributed by atoms with Crippen LogP contribution in [0.3, 0.4) is 0 Å². The number of hydrogen-bond donors (Lipinski definition) is 1. The summed E-state index contributed by atoms with van der Waals surface area (Å²) in [5.74, 6) is -0.203. The van der Waals surface area contributed by atoms with Gasteiger partial charge in [0, 0.05) is 12.0 Å². The molecule has 0 aromatic heterocycles. The fourth-order valence-electron chi connectivity index (χ4n) is 3.51. The molecule has 154 valence electrons. The summed E-state index contributed by atoms with van der Waals surface area (Å²) in [6.45, 7) is 9.08. The van der Waals surface area contributed by atoms with Crippen LogP contribution in [0.2, 0.25) is 0 Å². The van der Waals surface area contributed by atoms with Gasteiger partial charge in [-0.25, -0.2) is 4.79 Å². The lowest BCUT2D eigenvalue weighted by molar-refractivity contribution is -0.163. The molecule has 0 saturated carbocycles. The Morgan fingerprint density at radius 2 is 1.96 bits per heavy atom. The Morgan fingerprint density at radius 1 is 1.32 bits per heavy atom. The third-order valence-corrected chi connectivity index (χ3v) is 5.01. The van der Waals surface area contributed by atoms with Crippen LogP contribution in [0.5, 0.6) is 0 Å². The second kappa shape index (κ2) is 8.60. The molecule has 1 N–H and O–H groups in total. The zero-order chi connectivity index (χ0) is 21.1. The number of thioether (sulfide) groups is 1. The SMILES string of the molecule is CSC[C@@H]1[C@H]2OC(C)(C)O[C@H]2[C@H](/C(C#N)=C/NCC#N)N1C(=O)OC(C)(C)C. The van der Waals surface area contributed by atoms with E-state index in [1.807, 2.05) is 26.2 Å². The van der Waals surface area contributed by atoms with Gasteiger partial charge in [0.25, 0.3) is 0 Å². The van der Waals surface area contributed by atoms with E-state index in [2.05, 4.69) is 11.4 Å². The molecule has 0 unspecified atom stereocenters. The number of carbonyl (C=O) groups excluding carboxylic acids is 1. The Morgan fingerprint density at radius 3 is 2.50 bits per heavy atom. The Bertz CT molecular complexity index is 704. The van der Waals surface area contributed by atoms with E-state index in [0.717, 1.165) is 0 Å². The first-order valence-electron chi connectivity index (χ1n) is 9.11. The van der Waals surface area contributed by atoms with Gasteiger partial charge in [-0.2, -0.15) is 22.3 Å². The van der Waals surface area contributed by atoms with Crippen LogP contribution in [-0.4, -0.2) is 65.2 Å². The highest BCUT2D eigenvalue weighted by molar-refractivity contribution is 7.98. The van der Waals surface area contributed by atoms with Gasteiger partial charge < -0.3 is 19.5 Å². The lowest BCUT2D eigenvalue weighted by Gasteiger charge is -2.35. The third kappa shape index (κ3) is 4.91. The van der Waals surface area contributed by atoms with Crippen molar-refractivity contribution < 1.29 is 19.0 Å². The summed E-state index contributed by atoms with van der Waals surface area (Å²) in [6, 6.07) is 3.13. The molecule has 0 bridgehead atoms. The Balaban J connectivity index is 2.47. The predicted molar refractivity (Wildman–Crippen MR) is 105 cm³/mol. The highest BCUT2D eigenvalue weighted by Crippen LogP contribution is 2.43. The number of fused-ring (bicyclic) bond motifs is 1. The number of nitriles is 2. The fourth-order valence-corrected chi connectivity index (χ4v) is 4.20. The summed E-state index contributed by atoms with van der Waals surface area (Å²) in [5, 5.41) is 21.3. The van der Waals surface area contributed by atoms with E-state index >= 15 is 0 Å². The van der Waals surface area contributed by atoms with Gasteiger partial charge in [0.1, 0.15) is 30.4 Å². The molecule has 2 aliphatic heterocycles. The highest BCUT2D eigenvalue weighted by Gasteiger charge is 2.60. The van der Waals surface area contributed by atoms with Crippen molar-refractivity contribution in [3.63, 3.8) is 0 Å². The highest BCUT2D eigenvalue weighted by atomic mass is 32.2.